The van der Waals surface area contributed by atoms with Gasteiger partial charge in [0.2, 0.25) is 0 Å². The van der Waals surface area contributed by atoms with Crippen molar-refractivity contribution in [1.29, 1.82) is 0 Å². The van der Waals surface area contributed by atoms with Gasteiger partial charge in [-0.2, -0.15) is 18.2 Å². The van der Waals surface area contributed by atoms with Crippen molar-refractivity contribution in [3.63, 3.8) is 0 Å². The van der Waals surface area contributed by atoms with Gasteiger partial charge in [0.15, 0.2) is 0 Å². The largest absolute Gasteiger partial charge is 3.00 e. The monoisotopic (exact) mass is 1080 g/mol. The Balaban J connectivity index is 0.000000279. The molecular weight excluding hydrogens is 1020 g/mol. The first kappa shape index (κ1) is 44.9. The Hall–Kier alpha value is -5.72. The molecule has 4 nitrogen and oxygen atoms in total. The Bertz CT molecular complexity index is 2960. The number of furan rings is 1. The van der Waals surface area contributed by atoms with Gasteiger partial charge in [-0.25, -0.2) is 0 Å². The molecule has 0 N–H and O–H groups in total. The van der Waals surface area contributed by atoms with Gasteiger partial charge in [0.05, 0.1) is 0 Å². The van der Waals surface area contributed by atoms with Crippen LogP contribution in [-0.4, -0.2) is 18.3 Å². The van der Waals surface area contributed by atoms with Gasteiger partial charge >= 0.3 is 120 Å². The summed E-state index contributed by atoms with van der Waals surface area (Å²) in [5.74, 6) is 7.87. The SMILES string of the molecule is CC(C)c1cc(-c2ccccc2)cc(C(C)C)c1CN1c2ccccc2[N-]C1c1[c-]ccc2c1oc1cc(-c3ccccc3)ccc12.[CH3][Ge]([CH3])([CH3])[c]1ccc(-c2[c-]cccc2)nc1.[Ir+3]. The number of fused-ring (bicyclic) bond motifs is 4. The summed E-state index contributed by atoms with van der Waals surface area (Å²) in [4.78, 5) is 6.99. The van der Waals surface area contributed by atoms with Crippen molar-refractivity contribution in [3.05, 3.63) is 210 Å². The van der Waals surface area contributed by atoms with E-state index in [4.69, 9.17) is 9.73 Å². The Morgan fingerprint density at radius 1 is 0.641 bits per heavy atom. The van der Waals surface area contributed by atoms with Crippen LogP contribution in [0.1, 0.15) is 68.0 Å². The van der Waals surface area contributed by atoms with Crippen molar-refractivity contribution in [2.24, 2.45) is 0 Å². The normalized spacial score (nSPS) is 13.4. The number of aromatic nitrogens is 1. The first-order chi connectivity index (χ1) is 30.5. The second-order valence-electron chi connectivity index (χ2n) is 18.2. The summed E-state index contributed by atoms with van der Waals surface area (Å²) < 4.78 is 8.17. The third-order valence-electron chi connectivity index (χ3n) is 12.2. The number of para-hydroxylation sites is 2. The zero-order chi connectivity index (χ0) is 43.7. The molecule has 7 aromatic carbocycles. The fraction of sp³-hybridized carbons (Fsp3) is 0.190. The van der Waals surface area contributed by atoms with Crippen molar-refractivity contribution in [2.75, 3.05) is 4.90 Å². The summed E-state index contributed by atoms with van der Waals surface area (Å²) in [6.45, 7) is 9.98. The molecule has 10 rings (SSSR count). The molecule has 0 amide bonds. The zero-order valence-electron chi connectivity index (χ0n) is 37.7. The second-order valence-corrected chi connectivity index (χ2v) is 28.9. The number of anilines is 1. The minimum atomic E-state index is -1.72. The van der Waals surface area contributed by atoms with Crippen molar-refractivity contribution in [2.45, 2.75) is 69.5 Å². The first-order valence-corrected chi connectivity index (χ1v) is 29.5. The number of rotatable bonds is 9. The number of benzene rings is 7. The van der Waals surface area contributed by atoms with E-state index in [9.17, 15) is 0 Å². The van der Waals surface area contributed by atoms with Gasteiger partial charge < -0.3 is 14.6 Å². The van der Waals surface area contributed by atoms with Crippen LogP contribution in [0.3, 0.4) is 0 Å². The molecule has 1 aliphatic heterocycles. The van der Waals surface area contributed by atoms with Gasteiger partial charge in [0, 0.05) is 23.2 Å². The molecule has 0 saturated heterocycles. The second kappa shape index (κ2) is 19.2. The summed E-state index contributed by atoms with van der Waals surface area (Å²) in [7, 11) is 0. The van der Waals surface area contributed by atoms with Gasteiger partial charge in [-0.1, -0.05) is 136 Å². The van der Waals surface area contributed by atoms with E-state index in [1.807, 2.05) is 42.6 Å². The predicted octanol–water partition coefficient (Wildman–Crippen LogP) is 15.8. The van der Waals surface area contributed by atoms with Gasteiger partial charge in [0.1, 0.15) is 5.58 Å². The van der Waals surface area contributed by atoms with Crippen LogP contribution in [0.5, 0.6) is 0 Å². The van der Waals surface area contributed by atoms with Crippen LogP contribution in [0.2, 0.25) is 17.3 Å². The van der Waals surface area contributed by atoms with Gasteiger partial charge in [-0.15, -0.1) is 11.3 Å². The van der Waals surface area contributed by atoms with E-state index in [-0.39, 0.29) is 26.3 Å². The fourth-order valence-corrected chi connectivity index (χ4v) is 10.9. The van der Waals surface area contributed by atoms with Crippen molar-refractivity contribution in [3.8, 4) is 33.5 Å². The van der Waals surface area contributed by atoms with Crippen LogP contribution >= 0.6 is 0 Å². The van der Waals surface area contributed by atoms with E-state index < -0.39 is 13.3 Å². The van der Waals surface area contributed by atoms with Crippen LogP contribution in [-0.2, 0) is 26.7 Å². The molecule has 320 valence electrons. The van der Waals surface area contributed by atoms with Gasteiger partial charge in [0.25, 0.3) is 0 Å². The summed E-state index contributed by atoms with van der Waals surface area (Å²) >= 11 is -1.72. The molecule has 1 aliphatic rings. The molecular formula is C58H54GeIrN3O. The van der Waals surface area contributed by atoms with E-state index in [1.165, 1.54) is 37.8 Å². The predicted molar refractivity (Wildman–Crippen MR) is 268 cm³/mol. The maximum atomic E-state index is 6.73. The first-order valence-electron chi connectivity index (χ1n) is 22.2. The molecule has 0 bridgehead atoms. The minimum Gasteiger partial charge on any atom is 3.00 e. The average molecular weight is 1070 g/mol. The number of nitrogens with zero attached hydrogens (tertiary/aromatic N) is 3. The molecule has 0 saturated carbocycles. The Morgan fingerprint density at radius 3 is 1.92 bits per heavy atom. The maximum Gasteiger partial charge on any atom is 3.00 e. The minimum absolute atomic E-state index is 0. The summed E-state index contributed by atoms with van der Waals surface area (Å²) in [6.07, 6.45) is 1.77. The van der Waals surface area contributed by atoms with Crippen LogP contribution < -0.4 is 9.30 Å². The number of hydrogen-bond donors (Lipinski definition) is 0. The van der Waals surface area contributed by atoms with E-state index in [0.717, 1.165) is 62.2 Å². The standard InChI is InChI=1S/C44H38N2O.C14H16GeN.Ir/c1-28(2)37-24-33(31-16-9-6-10-17-31)25-38(29(3)4)39(37)27-46-41-21-12-11-20-40(41)45-44(46)36-19-13-18-35-34-23-22-32(26-42(34)47-43(35)36)30-14-7-5-8-15-30;1-15(2,3)13-9-10-14(16-11-13)12-7-5-4-6-8-12;/h5-18,20-26,28-29,44H,27H2,1-4H3;4-7,9-11H,1-3H3;/q-2;-1;+3. The average Bonchev–Trinajstić information content (AvgIpc) is 3.87. The molecule has 1 unspecified atom stereocenters. The third-order valence-corrected chi connectivity index (χ3v) is 16.4. The third kappa shape index (κ3) is 9.26. The fourth-order valence-electron chi connectivity index (χ4n) is 8.75. The van der Waals surface area contributed by atoms with Gasteiger partial charge in [-0.05, 0) is 69.1 Å². The zero-order valence-corrected chi connectivity index (χ0v) is 42.2. The maximum absolute atomic E-state index is 6.73. The Morgan fingerprint density at radius 2 is 1.30 bits per heavy atom. The molecule has 0 fully saturated rings. The van der Waals surface area contributed by atoms with Crippen molar-refractivity contribution in [1.82, 2.24) is 4.98 Å². The van der Waals surface area contributed by atoms with E-state index in [1.54, 1.807) is 0 Å². The van der Waals surface area contributed by atoms with E-state index in [2.05, 4.69) is 194 Å². The topological polar surface area (TPSA) is 43.4 Å². The Kier molecular flexibility index (Phi) is 13.4. The van der Waals surface area contributed by atoms with E-state index >= 15 is 0 Å². The smallest absolute Gasteiger partial charge is 3.00 e. The summed E-state index contributed by atoms with van der Waals surface area (Å²) in [6, 6.07) is 64.3. The molecule has 64 heavy (non-hydrogen) atoms. The van der Waals surface area contributed by atoms with Crippen molar-refractivity contribution < 1.29 is 24.5 Å². The van der Waals surface area contributed by atoms with Crippen molar-refractivity contribution >= 4 is 51.0 Å². The van der Waals surface area contributed by atoms with Crippen LogP contribution in [0.4, 0.5) is 11.4 Å². The number of pyridine rings is 1. The van der Waals surface area contributed by atoms with Crippen LogP contribution in [0, 0.1) is 12.1 Å². The Labute approximate surface area is 395 Å². The number of hydrogen-bond acceptors (Lipinski definition) is 3. The summed E-state index contributed by atoms with van der Waals surface area (Å²) in [5, 5.41) is 7.54. The molecule has 1 atom stereocenters. The van der Waals surface area contributed by atoms with Gasteiger partial charge in [-0.3, -0.25) is 0 Å². The van der Waals surface area contributed by atoms with E-state index in [0.29, 0.717) is 11.8 Å². The quantitative estimate of drug-likeness (QED) is 0.107. The summed E-state index contributed by atoms with van der Waals surface area (Å²) in [5.41, 5.74) is 15.9. The van der Waals surface area contributed by atoms with Crippen LogP contribution in [0.15, 0.2) is 174 Å². The molecule has 0 radical (unpaired) electrons. The molecule has 6 heteroatoms. The van der Waals surface area contributed by atoms with Crippen LogP contribution in [0.25, 0.3) is 60.8 Å². The molecule has 9 aromatic rings. The molecule has 0 aliphatic carbocycles. The molecule has 3 heterocycles. The molecule has 2 aromatic heterocycles. The molecule has 0 spiro atoms.